The van der Waals surface area contributed by atoms with Crippen molar-refractivity contribution in [2.75, 3.05) is 18.2 Å². The van der Waals surface area contributed by atoms with Crippen LogP contribution in [0.3, 0.4) is 0 Å². The van der Waals surface area contributed by atoms with E-state index in [0.29, 0.717) is 30.9 Å². The van der Waals surface area contributed by atoms with Gasteiger partial charge < -0.3 is 10.1 Å². The van der Waals surface area contributed by atoms with Gasteiger partial charge in [-0.1, -0.05) is 17.7 Å². The Hall–Kier alpha value is -2.56. The molecule has 2 aromatic rings. The Bertz CT molecular complexity index is 952. The van der Waals surface area contributed by atoms with E-state index in [1.807, 2.05) is 6.07 Å². The molecule has 0 saturated heterocycles. The molecule has 1 amide bonds. The van der Waals surface area contributed by atoms with Crippen LogP contribution in [-0.2, 0) is 9.84 Å². The molecule has 0 heterocycles. The van der Waals surface area contributed by atoms with Gasteiger partial charge in [0.1, 0.15) is 5.75 Å². The number of rotatable bonds is 7. The van der Waals surface area contributed by atoms with Crippen LogP contribution in [0.4, 0.5) is 5.69 Å². The third-order valence-corrected chi connectivity index (χ3v) is 4.96. The molecular formula is C18H17ClN2O4S. The van der Waals surface area contributed by atoms with E-state index in [2.05, 4.69) is 5.32 Å². The van der Waals surface area contributed by atoms with E-state index in [1.165, 1.54) is 18.2 Å². The third kappa shape index (κ3) is 5.48. The molecule has 2 rings (SSSR count). The molecule has 0 aliphatic carbocycles. The number of amides is 1. The van der Waals surface area contributed by atoms with Crippen molar-refractivity contribution >= 4 is 33.0 Å². The molecule has 0 aromatic heterocycles. The lowest BCUT2D eigenvalue weighted by Gasteiger charge is -2.10. The van der Waals surface area contributed by atoms with Crippen molar-refractivity contribution in [3.63, 3.8) is 0 Å². The number of benzene rings is 2. The van der Waals surface area contributed by atoms with E-state index in [9.17, 15) is 13.2 Å². The lowest BCUT2D eigenvalue weighted by Crippen LogP contribution is -2.13. The van der Waals surface area contributed by atoms with Crippen LogP contribution in [0, 0.1) is 11.3 Å². The first kappa shape index (κ1) is 19.8. The van der Waals surface area contributed by atoms with Crippen molar-refractivity contribution in [2.24, 2.45) is 0 Å². The molecule has 0 atom stereocenters. The molecule has 0 spiro atoms. The summed E-state index contributed by atoms with van der Waals surface area (Å²) < 4.78 is 29.0. The third-order valence-electron chi connectivity index (χ3n) is 3.39. The van der Waals surface area contributed by atoms with Crippen molar-refractivity contribution in [3.05, 3.63) is 53.1 Å². The molecule has 0 unspecified atom stereocenters. The molecular weight excluding hydrogens is 376 g/mol. The first-order valence-corrected chi connectivity index (χ1v) is 9.99. The Kier molecular flexibility index (Phi) is 6.61. The van der Waals surface area contributed by atoms with E-state index in [0.717, 1.165) is 6.26 Å². The van der Waals surface area contributed by atoms with E-state index < -0.39 is 15.7 Å². The zero-order valence-electron chi connectivity index (χ0n) is 14.0. The molecule has 0 saturated carbocycles. The highest BCUT2D eigenvalue weighted by Crippen LogP contribution is 2.24. The summed E-state index contributed by atoms with van der Waals surface area (Å²) in [7, 11) is -3.54. The van der Waals surface area contributed by atoms with E-state index in [-0.39, 0.29) is 15.5 Å². The first-order valence-electron chi connectivity index (χ1n) is 7.72. The number of halogens is 1. The predicted molar refractivity (Wildman–Crippen MR) is 99.3 cm³/mol. The highest BCUT2D eigenvalue weighted by atomic mass is 35.5. The molecule has 6 nitrogen and oxygen atoms in total. The maximum atomic E-state index is 12.4. The minimum atomic E-state index is -3.54. The van der Waals surface area contributed by atoms with Crippen molar-refractivity contribution in [1.29, 1.82) is 5.26 Å². The average Bonchev–Trinajstić information content (AvgIpc) is 2.58. The summed E-state index contributed by atoms with van der Waals surface area (Å²) in [6.07, 6.45) is 2.06. The maximum absolute atomic E-state index is 12.4. The number of anilines is 1. The number of nitrogens with one attached hydrogen (secondary N) is 1. The number of unbranched alkanes of at least 4 members (excludes halogenated alkanes) is 1. The van der Waals surface area contributed by atoms with Gasteiger partial charge in [0.05, 0.1) is 22.6 Å². The normalized spacial score (nSPS) is 10.8. The smallest absolute Gasteiger partial charge is 0.255 e. The number of sulfone groups is 1. The highest BCUT2D eigenvalue weighted by molar-refractivity contribution is 7.90. The van der Waals surface area contributed by atoms with Crippen LogP contribution in [0.5, 0.6) is 5.75 Å². The van der Waals surface area contributed by atoms with Crippen molar-refractivity contribution < 1.29 is 17.9 Å². The van der Waals surface area contributed by atoms with Crippen molar-refractivity contribution in [2.45, 2.75) is 17.7 Å². The Morgan fingerprint density at radius 3 is 2.73 bits per heavy atom. The SMILES string of the molecule is CS(=O)(=O)c1cc(C(=O)Nc2cccc(OCCCC#N)c2)ccc1Cl. The first-order chi connectivity index (χ1) is 12.3. The van der Waals surface area contributed by atoms with Crippen LogP contribution >= 0.6 is 11.6 Å². The number of nitriles is 1. The Labute approximate surface area is 157 Å². The van der Waals surface area contributed by atoms with Gasteiger partial charge in [-0.05, 0) is 36.8 Å². The molecule has 26 heavy (non-hydrogen) atoms. The average molecular weight is 393 g/mol. The Morgan fingerprint density at radius 1 is 1.27 bits per heavy atom. The molecule has 0 bridgehead atoms. The van der Waals surface area contributed by atoms with Crippen LogP contribution < -0.4 is 10.1 Å². The second kappa shape index (κ2) is 8.70. The molecule has 0 aliphatic rings. The monoisotopic (exact) mass is 392 g/mol. The topological polar surface area (TPSA) is 96.3 Å². The lowest BCUT2D eigenvalue weighted by atomic mass is 10.2. The molecule has 8 heteroatoms. The standard InChI is InChI=1S/C18H17ClN2O4S/c1-26(23,24)17-11-13(7-8-16(17)19)18(22)21-14-5-4-6-15(12-14)25-10-3-2-9-20/h4-8,11-12H,2-3,10H2,1H3,(H,21,22). The van der Waals surface area contributed by atoms with Crippen LogP contribution in [0.2, 0.25) is 5.02 Å². The van der Waals surface area contributed by atoms with Crippen LogP contribution in [0.15, 0.2) is 47.4 Å². The predicted octanol–water partition coefficient (Wildman–Crippen LogP) is 3.68. The fourth-order valence-electron chi connectivity index (χ4n) is 2.14. The van der Waals surface area contributed by atoms with E-state index in [4.69, 9.17) is 21.6 Å². The van der Waals surface area contributed by atoms with Crippen molar-refractivity contribution in [3.8, 4) is 11.8 Å². The summed E-state index contributed by atoms with van der Waals surface area (Å²) in [6, 6.07) is 12.9. The highest BCUT2D eigenvalue weighted by Gasteiger charge is 2.16. The lowest BCUT2D eigenvalue weighted by molar-refractivity contribution is 0.102. The van der Waals surface area contributed by atoms with Crippen LogP contribution in [0.25, 0.3) is 0 Å². The maximum Gasteiger partial charge on any atom is 0.255 e. The minimum absolute atomic E-state index is 0.0665. The van der Waals surface area contributed by atoms with Crippen LogP contribution in [0.1, 0.15) is 23.2 Å². The second-order valence-electron chi connectivity index (χ2n) is 5.51. The van der Waals surface area contributed by atoms with Gasteiger partial charge in [0.25, 0.3) is 5.91 Å². The Morgan fingerprint density at radius 2 is 2.04 bits per heavy atom. The second-order valence-corrected chi connectivity index (χ2v) is 7.90. The summed E-state index contributed by atoms with van der Waals surface area (Å²) in [5.41, 5.74) is 0.679. The minimum Gasteiger partial charge on any atom is -0.493 e. The number of ether oxygens (including phenoxy) is 1. The summed E-state index contributed by atoms with van der Waals surface area (Å²) >= 11 is 5.89. The number of carbonyl (C=O) groups excluding carboxylic acids is 1. The van der Waals surface area contributed by atoms with Crippen LogP contribution in [-0.4, -0.2) is 27.2 Å². The van der Waals surface area contributed by atoms with Gasteiger partial charge in [-0.25, -0.2) is 8.42 Å². The van der Waals surface area contributed by atoms with Crippen molar-refractivity contribution in [1.82, 2.24) is 0 Å². The number of nitrogens with zero attached hydrogens (tertiary/aromatic N) is 1. The fraction of sp³-hybridized carbons (Fsp3) is 0.222. The van der Waals surface area contributed by atoms with Gasteiger partial charge in [0.15, 0.2) is 9.84 Å². The summed E-state index contributed by atoms with van der Waals surface area (Å²) in [5.74, 6) is 0.0990. The molecule has 1 N–H and O–H groups in total. The molecule has 2 aromatic carbocycles. The quantitative estimate of drug-likeness (QED) is 0.725. The summed E-state index contributed by atoms with van der Waals surface area (Å²) in [5, 5.41) is 11.3. The zero-order valence-corrected chi connectivity index (χ0v) is 15.6. The van der Waals surface area contributed by atoms with E-state index >= 15 is 0 Å². The Balaban J connectivity index is 2.12. The van der Waals surface area contributed by atoms with Gasteiger partial charge >= 0.3 is 0 Å². The molecule has 0 fully saturated rings. The largest absolute Gasteiger partial charge is 0.493 e. The number of hydrogen-bond acceptors (Lipinski definition) is 5. The number of hydrogen-bond donors (Lipinski definition) is 1. The van der Waals surface area contributed by atoms with Gasteiger partial charge in [-0.2, -0.15) is 5.26 Å². The number of carbonyl (C=O) groups is 1. The van der Waals surface area contributed by atoms with E-state index in [1.54, 1.807) is 24.3 Å². The zero-order chi connectivity index (χ0) is 19.2. The summed E-state index contributed by atoms with van der Waals surface area (Å²) in [6.45, 7) is 0.403. The fourth-order valence-corrected chi connectivity index (χ4v) is 3.44. The molecule has 0 radical (unpaired) electrons. The van der Waals surface area contributed by atoms with Gasteiger partial charge in [-0.3, -0.25) is 4.79 Å². The molecule has 0 aliphatic heterocycles. The van der Waals surface area contributed by atoms with Gasteiger partial charge in [0, 0.05) is 30.0 Å². The van der Waals surface area contributed by atoms with Gasteiger partial charge in [-0.15, -0.1) is 0 Å². The molecule has 136 valence electrons. The van der Waals surface area contributed by atoms with Gasteiger partial charge in [0.2, 0.25) is 0 Å². The summed E-state index contributed by atoms with van der Waals surface area (Å²) in [4.78, 5) is 12.3.